The van der Waals surface area contributed by atoms with Crippen LogP contribution in [0.3, 0.4) is 0 Å². The average molecular weight is 184 g/mol. The molecule has 3 heteroatoms. The van der Waals surface area contributed by atoms with Gasteiger partial charge in [0.05, 0.1) is 0 Å². The molecule has 14 heavy (non-hydrogen) atoms. The van der Waals surface area contributed by atoms with Crippen molar-refractivity contribution in [3.05, 3.63) is 41.7 Å². The maximum atomic E-state index is 8.63. The molecule has 0 amide bonds. The van der Waals surface area contributed by atoms with Gasteiger partial charge in [-0.25, -0.2) is 4.57 Å². The van der Waals surface area contributed by atoms with Crippen molar-refractivity contribution in [2.75, 3.05) is 0 Å². The van der Waals surface area contributed by atoms with Crippen LogP contribution in [0, 0.1) is 22.7 Å². The number of aromatic nitrogens is 1. The maximum Gasteiger partial charge on any atom is 0.171 e. The second-order valence-corrected chi connectivity index (χ2v) is 2.93. The van der Waals surface area contributed by atoms with Crippen LogP contribution >= 0.6 is 0 Å². The van der Waals surface area contributed by atoms with Crippen LogP contribution in [0.5, 0.6) is 0 Å². The van der Waals surface area contributed by atoms with Crippen LogP contribution in [0.4, 0.5) is 0 Å². The summed E-state index contributed by atoms with van der Waals surface area (Å²) in [6.45, 7) is 2.37. The van der Waals surface area contributed by atoms with E-state index in [1.165, 1.54) is 0 Å². The third-order valence-electron chi connectivity index (χ3n) is 1.85. The van der Waals surface area contributed by atoms with E-state index >= 15 is 0 Å². The Bertz CT molecular complexity index is 402. The molecule has 3 nitrogen and oxygen atoms in total. The zero-order chi connectivity index (χ0) is 10.4. The number of allylic oxidation sites excluding steroid dienone is 2. The van der Waals surface area contributed by atoms with Crippen molar-refractivity contribution in [1.82, 2.24) is 0 Å². The standard InChI is InChI=1S/C11H10N3/c1-10(11(7-12)8-13)9-14-5-3-2-4-6-14/h2-6H,9H2,1H3/q+1. The largest absolute Gasteiger partial charge is 0.201 e. The predicted molar refractivity (Wildman–Crippen MR) is 50.6 cm³/mol. The molecule has 0 radical (unpaired) electrons. The Balaban J connectivity index is 2.87. The molecule has 1 aromatic rings. The van der Waals surface area contributed by atoms with Crippen LogP contribution in [0.2, 0.25) is 0 Å². The van der Waals surface area contributed by atoms with Crippen molar-refractivity contribution in [2.24, 2.45) is 0 Å². The molecular formula is C11H10N3+. The summed E-state index contributed by atoms with van der Waals surface area (Å²) in [7, 11) is 0. The van der Waals surface area contributed by atoms with E-state index in [4.69, 9.17) is 10.5 Å². The van der Waals surface area contributed by atoms with Gasteiger partial charge in [-0.1, -0.05) is 6.07 Å². The molecule has 0 saturated heterocycles. The van der Waals surface area contributed by atoms with Gasteiger partial charge in [-0.3, -0.25) is 0 Å². The van der Waals surface area contributed by atoms with Crippen molar-refractivity contribution in [1.29, 1.82) is 10.5 Å². The van der Waals surface area contributed by atoms with Crippen LogP contribution < -0.4 is 4.57 Å². The van der Waals surface area contributed by atoms with Crippen molar-refractivity contribution in [2.45, 2.75) is 13.5 Å². The summed E-state index contributed by atoms with van der Waals surface area (Å²) in [5.41, 5.74) is 0.979. The van der Waals surface area contributed by atoms with Crippen LogP contribution in [-0.2, 0) is 6.54 Å². The molecule has 1 aromatic heterocycles. The molecule has 0 N–H and O–H groups in total. The summed E-state index contributed by atoms with van der Waals surface area (Å²) < 4.78 is 1.92. The third-order valence-corrected chi connectivity index (χ3v) is 1.85. The molecule has 0 aliphatic carbocycles. The number of hydrogen-bond donors (Lipinski definition) is 0. The second kappa shape index (κ2) is 4.79. The van der Waals surface area contributed by atoms with Gasteiger partial charge in [0.2, 0.25) is 0 Å². The van der Waals surface area contributed by atoms with E-state index in [2.05, 4.69) is 0 Å². The van der Waals surface area contributed by atoms with E-state index in [-0.39, 0.29) is 5.57 Å². The van der Waals surface area contributed by atoms with Crippen LogP contribution in [0.1, 0.15) is 6.92 Å². The molecule has 0 bridgehead atoms. The first-order valence-electron chi connectivity index (χ1n) is 4.22. The van der Waals surface area contributed by atoms with E-state index in [1.54, 1.807) is 6.92 Å². The summed E-state index contributed by atoms with van der Waals surface area (Å²) in [6.07, 6.45) is 3.80. The zero-order valence-corrected chi connectivity index (χ0v) is 7.94. The minimum atomic E-state index is 0.196. The summed E-state index contributed by atoms with van der Waals surface area (Å²) in [5.74, 6) is 0. The first kappa shape index (κ1) is 9.95. The van der Waals surface area contributed by atoms with Gasteiger partial charge < -0.3 is 0 Å². The van der Waals surface area contributed by atoms with Crippen molar-refractivity contribution < 1.29 is 4.57 Å². The second-order valence-electron chi connectivity index (χ2n) is 2.93. The highest BCUT2D eigenvalue weighted by molar-refractivity contribution is 5.38. The minimum absolute atomic E-state index is 0.196. The molecule has 0 aliphatic rings. The topological polar surface area (TPSA) is 51.5 Å². The fraction of sp³-hybridized carbons (Fsp3) is 0.182. The molecule has 1 rings (SSSR count). The first-order valence-corrected chi connectivity index (χ1v) is 4.22. The zero-order valence-electron chi connectivity index (χ0n) is 7.94. The van der Waals surface area contributed by atoms with Crippen molar-refractivity contribution in [3.8, 4) is 12.1 Å². The lowest BCUT2D eigenvalue weighted by Gasteiger charge is -1.95. The van der Waals surface area contributed by atoms with E-state index in [0.29, 0.717) is 6.54 Å². The Kier molecular flexibility index (Phi) is 3.41. The van der Waals surface area contributed by atoms with E-state index < -0.39 is 0 Å². The Labute approximate surface area is 83.1 Å². The summed E-state index contributed by atoms with van der Waals surface area (Å²) in [6, 6.07) is 9.49. The van der Waals surface area contributed by atoms with Gasteiger partial charge >= 0.3 is 0 Å². The predicted octanol–water partition coefficient (Wildman–Crippen LogP) is 1.34. The van der Waals surface area contributed by atoms with Gasteiger partial charge in [0, 0.05) is 17.7 Å². The normalized spacial score (nSPS) is 8.50. The molecule has 0 fully saturated rings. The van der Waals surface area contributed by atoms with Gasteiger partial charge in [-0.05, 0) is 6.92 Å². The smallest absolute Gasteiger partial charge is 0.171 e. The molecule has 0 saturated carbocycles. The monoisotopic (exact) mass is 184 g/mol. The molecule has 68 valence electrons. The van der Waals surface area contributed by atoms with Gasteiger partial charge in [0.1, 0.15) is 17.7 Å². The van der Waals surface area contributed by atoms with Crippen LogP contribution in [0.15, 0.2) is 41.7 Å². The molecule has 0 atom stereocenters. The third kappa shape index (κ3) is 2.43. The average Bonchev–Trinajstić information content (AvgIpc) is 2.21. The fourth-order valence-electron chi connectivity index (χ4n) is 1.11. The number of pyridine rings is 1. The van der Waals surface area contributed by atoms with E-state index in [0.717, 1.165) is 5.57 Å². The SMILES string of the molecule is CC(C[n+]1ccccc1)=C(C#N)C#N. The van der Waals surface area contributed by atoms with Gasteiger partial charge in [0.25, 0.3) is 0 Å². The lowest BCUT2D eigenvalue weighted by atomic mass is 10.1. The molecule has 0 unspecified atom stereocenters. The minimum Gasteiger partial charge on any atom is -0.201 e. The van der Waals surface area contributed by atoms with E-state index in [1.807, 2.05) is 47.3 Å². The highest BCUT2D eigenvalue weighted by atomic mass is 14.9. The molecule has 0 spiro atoms. The van der Waals surface area contributed by atoms with Gasteiger partial charge in [-0.2, -0.15) is 10.5 Å². The van der Waals surface area contributed by atoms with E-state index in [9.17, 15) is 0 Å². The lowest BCUT2D eigenvalue weighted by molar-refractivity contribution is -0.689. The quantitative estimate of drug-likeness (QED) is 0.514. The van der Waals surface area contributed by atoms with Gasteiger partial charge in [-0.15, -0.1) is 0 Å². The highest BCUT2D eigenvalue weighted by Crippen LogP contribution is 2.01. The Morgan fingerprint density at radius 1 is 1.14 bits per heavy atom. The number of nitrogens with zero attached hydrogens (tertiary/aromatic N) is 3. The first-order chi connectivity index (χ1) is 6.77. The van der Waals surface area contributed by atoms with Gasteiger partial charge in [0.15, 0.2) is 18.9 Å². The number of nitriles is 2. The fourth-order valence-corrected chi connectivity index (χ4v) is 1.11. The number of hydrogen-bond acceptors (Lipinski definition) is 2. The maximum absolute atomic E-state index is 8.63. The summed E-state index contributed by atoms with van der Waals surface area (Å²) in [4.78, 5) is 0. The summed E-state index contributed by atoms with van der Waals surface area (Å²) in [5, 5.41) is 17.3. The Hall–Kier alpha value is -2.13. The molecule has 1 heterocycles. The summed E-state index contributed by atoms with van der Waals surface area (Å²) >= 11 is 0. The lowest BCUT2D eigenvalue weighted by Crippen LogP contribution is -2.33. The Morgan fingerprint density at radius 3 is 2.21 bits per heavy atom. The highest BCUT2D eigenvalue weighted by Gasteiger charge is 2.05. The van der Waals surface area contributed by atoms with Crippen LogP contribution in [0.25, 0.3) is 0 Å². The molecular weight excluding hydrogens is 174 g/mol. The van der Waals surface area contributed by atoms with Crippen molar-refractivity contribution in [3.63, 3.8) is 0 Å². The van der Waals surface area contributed by atoms with Crippen molar-refractivity contribution >= 4 is 0 Å². The number of rotatable bonds is 2. The molecule has 0 aromatic carbocycles. The Morgan fingerprint density at radius 2 is 1.71 bits per heavy atom. The van der Waals surface area contributed by atoms with Crippen LogP contribution in [-0.4, -0.2) is 0 Å². The molecule has 0 aliphatic heterocycles.